The van der Waals surface area contributed by atoms with Gasteiger partial charge in [0.15, 0.2) is 0 Å². The van der Waals surface area contributed by atoms with Crippen LogP contribution >= 0.6 is 12.4 Å². The second kappa shape index (κ2) is 6.07. The molecule has 2 N–H and O–H groups in total. The SMILES string of the molecule is CO[C@@H]1CCCC(n2cccc(N)c2=O)C1.Cl. The summed E-state index contributed by atoms with van der Waals surface area (Å²) in [6.45, 7) is 0. The molecule has 96 valence electrons. The van der Waals surface area contributed by atoms with Crippen molar-refractivity contribution >= 4 is 18.1 Å². The van der Waals surface area contributed by atoms with E-state index in [1.807, 2.05) is 12.3 Å². The highest BCUT2D eigenvalue weighted by molar-refractivity contribution is 5.85. The summed E-state index contributed by atoms with van der Waals surface area (Å²) in [5, 5.41) is 0. The van der Waals surface area contributed by atoms with Crippen LogP contribution in [0.3, 0.4) is 0 Å². The van der Waals surface area contributed by atoms with E-state index in [9.17, 15) is 4.79 Å². The van der Waals surface area contributed by atoms with Crippen molar-refractivity contribution < 1.29 is 4.74 Å². The standard InChI is InChI=1S/C12H18N2O2.ClH/c1-16-10-5-2-4-9(8-10)14-7-3-6-11(13)12(14)15;/h3,6-7,9-10H,2,4-5,8,13H2,1H3;1H/t9?,10-;/m1./s1. The van der Waals surface area contributed by atoms with Gasteiger partial charge in [-0.25, -0.2) is 0 Å². The van der Waals surface area contributed by atoms with Gasteiger partial charge in [-0.1, -0.05) is 0 Å². The fourth-order valence-corrected chi connectivity index (χ4v) is 2.40. The third-order valence-corrected chi connectivity index (χ3v) is 3.33. The smallest absolute Gasteiger partial charge is 0.273 e. The first-order valence-corrected chi connectivity index (χ1v) is 5.72. The molecule has 1 aliphatic carbocycles. The van der Waals surface area contributed by atoms with Gasteiger partial charge >= 0.3 is 0 Å². The first kappa shape index (κ1) is 14.1. The summed E-state index contributed by atoms with van der Waals surface area (Å²) in [4.78, 5) is 11.9. The molecule has 1 aliphatic rings. The zero-order chi connectivity index (χ0) is 11.5. The summed E-state index contributed by atoms with van der Waals surface area (Å²) >= 11 is 0. The lowest BCUT2D eigenvalue weighted by Gasteiger charge is -2.29. The molecule has 0 spiro atoms. The number of nitrogens with two attached hydrogens (primary N) is 1. The number of hydrogen-bond donors (Lipinski definition) is 1. The molecule has 1 unspecified atom stereocenters. The van der Waals surface area contributed by atoms with Crippen LogP contribution in [0, 0.1) is 0 Å². The van der Waals surface area contributed by atoms with Crippen LogP contribution in [-0.4, -0.2) is 17.8 Å². The van der Waals surface area contributed by atoms with E-state index in [4.69, 9.17) is 10.5 Å². The predicted molar refractivity (Wildman–Crippen MR) is 70.7 cm³/mol. The summed E-state index contributed by atoms with van der Waals surface area (Å²) in [6, 6.07) is 3.71. The molecule has 0 aliphatic heterocycles. The number of ether oxygens (including phenoxy) is 1. The molecule has 0 bridgehead atoms. The molecule has 0 aromatic carbocycles. The highest BCUT2D eigenvalue weighted by Gasteiger charge is 2.23. The number of methoxy groups -OCH3 is 1. The fourth-order valence-electron chi connectivity index (χ4n) is 2.40. The van der Waals surface area contributed by atoms with E-state index in [1.54, 1.807) is 17.7 Å². The molecular weight excluding hydrogens is 240 g/mol. The van der Waals surface area contributed by atoms with Gasteiger partial charge in [0, 0.05) is 19.3 Å². The summed E-state index contributed by atoms with van der Waals surface area (Å²) in [6.07, 6.45) is 6.21. The van der Waals surface area contributed by atoms with Crippen LogP contribution < -0.4 is 11.3 Å². The Morgan fingerprint density at radius 1 is 1.47 bits per heavy atom. The molecule has 0 radical (unpaired) electrons. The molecule has 4 nitrogen and oxygen atoms in total. The maximum absolute atomic E-state index is 11.9. The molecule has 1 fully saturated rings. The van der Waals surface area contributed by atoms with E-state index in [1.165, 1.54) is 0 Å². The summed E-state index contributed by atoms with van der Waals surface area (Å²) < 4.78 is 7.12. The second-order valence-corrected chi connectivity index (χ2v) is 4.35. The fraction of sp³-hybridized carbons (Fsp3) is 0.583. The van der Waals surface area contributed by atoms with E-state index in [0.29, 0.717) is 5.69 Å². The van der Waals surface area contributed by atoms with Crippen LogP contribution in [0.1, 0.15) is 31.7 Å². The Morgan fingerprint density at radius 2 is 2.24 bits per heavy atom. The van der Waals surface area contributed by atoms with E-state index < -0.39 is 0 Å². The Morgan fingerprint density at radius 3 is 2.94 bits per heavy atom. The third kappa shape index (κ3) is 3.01. The average Bonchev–Trinajstić information content (AvgIpc) is 2.33. The first-order valence-electron chi connectivity index (χ1n) is 5.72. The number of nitrogen functional groups attached to an aromatic ring is 1. The normalized spacial score (nSPS) is 24.1. The number of aromatic nitrogens is 1. The molecule has 1 heterocycles. The van der Waals surface area contributed by atoms with Crippen molar-refractivity contribution in [3.8, 4) is 0 Å². The van der Waals surface area contributed by atoms with Crippen LogP contribution in [0.15, 0.2) is 23.1 Å². The van der Waals surface area contributed by atoms with E-state index in [-0.39, 0.29) is 30.1 Å². The molecule has 1 aromatic rings. The highest BCUT2D eigenvalue weighted by atomic mass is 35.5. The van der Waals surface area contributed by atoms with Gasteiger partial charge in [-0.05, 0) is 37.8 Å². The summed E-state index contributed by atoms with van der Waals surface area (Å²) in [5.74, 6) is 0. The molecule has 1 aromatic heterocycles. The highest BCUT2D eigenvalue weighted by Crippen LogP contribution is 2.28. The van der Waals surface area contributed by atoms with Gasteiger partial charge in [0.05, 0.1) is 11.8 Å². The van der Waals surface area contributed by atoms with E-state index in [0.717, 1.165) is 25.7 Å². The van der Waals surface area contributed by atoms with E-state index >= 15 is 0 Å². The van der Waals surface area contributed by atoms with Gasteiger partial charge in [0.1, 0.15) is 0 Å². The van der Waals surface area contributed by atoms with Crippen molar-refractivity contribution in [2.24, 2.45) is 0 Å². The lowest BCUT2D eigenvalue weighted by Crippen LogP contribution is -2.31. The molecule has 1 saturated carbocycles. The van der Waals surface area contributed by atoms with Gasteiger partial charge in [0.2, 0.25) is 0 Å². The lowest BCUT2D eigenvalue weighted by molar-refractivity contribution is 0.0525. The molecule has 0 amide bonds. The maximum atomic E-state index is 11.9. The Kier molecular flexibility index (Phi) is 5.02. The molecule has 5 heteroatoms. The van der Waals surface area contributed by atoms with Crippen LogP contribution in [-0.2, 0) is 4.74 Å². The summed E-state index contributed by atoms with van der Waals surface area (Å²) in [7, 11) is 1.73. The number of nitrogens with zero attached hydrogens (tertiary/aromatic N) is 1. The van der Waals surface area contributed by atoms with Gasteiger partial charge in [-0.3, -0.25) is 4.79 Å². The van der Waals surface area contributed by atoms with Crippen LogP contribution in [0.2, 0.25) is 0 Å². The minimum atomic E-state index is -0.0794. The Balaban J connectivity index is 0.00000144. The van der Waals surface area contributed by atoms with Crippen molar-refractivity contribution in [2.45, 2.75) is 37.8 Å². The zero-order valence-corrected chi connectivity index (χ0v) is 10.8. The van der Waals surface area contributed by atoms with Gasteiger partial charge in [-0.2, -0.15) is 0 Å². The Bertz CT molecular complexity index is 419. The maximum Gasteiger partial charge on any atom is 0.273 e. The van der Waals surface area contributed by atoms with Gasteiger partial charge < -0.3 is 15.0 Å². The van der Waals surface area contributed by atoms with Crippen molar-refractivity contribution in [3.05, 3.63) is 28.7 Å². The minimum Gasteiger partial charge on any atom is -0.394 e. The quantitative estimate of drug-likeness (QED) is 0.883. The number of anilines is 1. The predicted octanol–water partition coefficient (Wildman–Crippen LogP) is 1.98. The monoisotopic (exact) mass is 258 g/mol. The largest absolute Gasteiger partial charge is 0.394 e. The first-order chi connectivity index (χ1) is 7.72. The Labute approximate surface area is 107 Å². The number of halogens is 1. The van der Waals surface area contributed by atoms with Crippen molar-refractivity contribution in [3.63, 3.8) is 0 Å². The van der Waals surface area contributed by atoms with Gasteiger partial charge in [0.25, 0.3) is 5.56 Å². The summed E-state index contributed by atoms with van der Waals surface area (Å²) in [5.41, 5.74) is 5.87. The van der Waals surface area contributed by atoms with Crippen molar-refractivity contribution in [2.75, 3.05) is 12.8 Å². The molecule has 0 saturated heterocycles. The second-order valence-electron chi connectivity index (χ2n) is 4.35. The Hall–Kier alpha value is -1.000. The molecular formula is C12H19ClN2O2. The minimum absolute atomic E-state index is 0. The van der Waals surface area contributed by atoms with Crippen molar-refractivity contribution in [1.29, 1.82) is 0 Å². The van der Waals surface area contributed by atoms with Crippen LogP contribution in [0.5, 0.6) is 0 Å². The molecule has 17 heavy (non-hydrogen) atoms. The average molecular weight is 259 g/mol. The van der Waals surface area contributed by atoms with Crippen LogP contribution in [0.4, 0.5) is 5.69 Å². The lowest BCUT2D eigenvalue weighted by atomic mass is 9.92. The van der Waals surface area contributed by atoms with Crippen LogP contribution in [0.25, 0.3) is 0 Å². The zero-order valence-electron chi connectivity index (χ0n) is 9.96. The van der Waals surface area contributed by atoms with Crippen molar-refractivity contribution in [1.82, 2.24) is 4.57 Å². The topological polar surface area (TPSA) is 57.2 Å². The third-order valence-electron chi connectivity index (χ3n) is 3.33. The number of rotatable bonds is 2. The molecule has 2 rings (SSSR count). The molecule has 2 atom stereocenters. The number of hydrogen-bond acceptors (Lipinski definition) is 3. The van der Waals surface area contributed by atoms with E-state index in [2.05, 4.69) is 0 Å². The van der Waals surface area contributed by atoms with Gasteiger partial charge in [-0.15, -0.1) is 12.4 Å². The number of pyridine rings is 1.